The van der Waals surface area contributed by atoms with Crippen LogP contribution in [-0.2, 0) is 5.54 Å². The molecule has 1 aromatic rings. The monoisotopic (exact) mass is 199 g/mol. The van der Waals surface area contributed by atoms with Gasteiger partial charge in [-0.3, -0.25) is 4.79 Å². The number of fused-ring (bicyclic) bond motifs is 3. The first-order valence-electron chi connectivity index (χ1n) is 5.21. The van der Waals surface area contributed by atoms with Gasteiger partial charge in [0.1, 0.15) is 0 Å². The van der Waals surface area contributed by atoms with Gasteiger partial charge < -0.3 is 4.90 Å². The first-order valence-corrected chi connectivity index (χ1v) is 5.21. The van der Waals surface area contributed by atoms with Crippen molar-refractivity contribution in [1.82, 2.24) is 4.90 Å². The lowest BCUT2D eigenvalue weighted by Crippen LogP contribution is -2.35. The highest BCUT2D eigenvalue weighted by Crippen LogP contribution is 2.47. The first kappa shape index (κ1) is 8.72. The summed E-state index contributed by atoms with van der Waals surface area (Å²) in [5.41, 5.74) is 3.05. The van der Waals surface area contributed by atoms with E-state index in [1.165, 1.54) is 0 Å². The molecule has 2 aliphatic rings. The van der Waals surface area contributed by atoms with Gasteiger partial charge in [0.15, 0.2) is 0 Å². The molecule has 0 bridgehead atoms. The van der Waals surface area contributed by atoms with Gasteiger partial charge in [-0.15, -0.1) is 0 Å². The van der Waals surface area contributed by atoms with Crippen molar-refractivity contribution in [2.45, 2.75) is 18.9 Å². The maximum absolute atomic E-state index is 12.1. The highest BCUT2D eigenvalue weighted by Gasteiger charge is 2.49. The van der Waals surface area contributed by atoms with Crippen molar-refractivity contribution in [2.24, 2.45) is 0 Å². The third-order valence-electron chi connectivity index (χ3n) is 3.55. The van der Waals surface area contributed by atoms with Crippen molar-refractivity contribution in [3.63, 3.8) is 0 Å². The molecule has 0 saturated carbocycles. The van der Waals surface area contributed by atoms with Gasteiger partial charge in [-0.25, -0.2) is 0 Å². The minimum atomic E-state index is -0.134. The fraction of sp³-hybridized carbons (Fsp3) is 0.308. The number of nitrogens with zero attached hydrogens (tertiary/aromatic N) is 1. The van der Waals surface area contributed by atoms with Gasteiger partial charge >= 0.3 is 0 Å². The van der Waals surface area contributed by atoms with Crippen LogP contribution in [0.5, 0.6) is 0 Å². The second-order valence-electron chi connectivity index (χ2n) is 4.64. The van der Waals surface area contributed by atoms with Gasteiger partial charge in [-0.2, -0.15) is 0 Å². The molecule has 1 fully saturated rings. The SMILES string of the molecule is C=C1CN2C(=O)c3ccccc3C2(C)C1. The summed E-state index contributed by atoms with van der Waals surface area (Å²) >= 11 is 0. The molecule has 76 valence electrons. The van der Waals surface area contributed by atoms with Crippen LogP contribution in [0.25, 0.3) is 0 Å². The smallest absolute Gasteiger partial charge is 0.255 e. The van der Waals surface area contributed by atoms with Crippen LogP contribution < -0.4 is 0 Å². The Kier molecular flexibility index (Phi) is 1.46. The third kappa shape index (κ3) is 0.916. The molecule has 0 aromatic heterocycles. The fourth-order valence-corrected chi connectivity index (χ4v) is 2.86. The lowest BCUT2D eigenvalue weighted by Gasteiger charge is -2.27. The average Bonchev–Trinajstić information content (AvgIpc) is 2.62. The second-order valence-corrected chi connectivity index (χ2v) is 4.64. The summed E-state index contributed by atoms with van der Waals surface area (Å²) in [5.74, 6) is 0.159. The molecule has 2 heteroatoms. The Morgan fingerprint density at radius 1 is 1.40 bits per heavy atom. The normalized spacial score (nSPS) is 28.2. The van der Waals surface area contributed by atoms with Crippen LogP contribution in [-0.4, -0.2) is 17.4 Å². The van der Waals surface area contributed by atoms with Gasteiger partial charge in [0, 0.05) is 12.1 Å². The van der Waals surface area contributed by atoms with E-state index in [0.717, 1.165) is 23.1 Å². The van der Waals surface area contributed by atoms with Crippen LogP contribution in [0.1, 0.15) is 29.3 Å². The number of carbonyl (C=O) groups is 1. The standard InChI is InChI=1S/C13H13NO/c1-9-7-13(2)11-6-4-3-5-10(11)12(15)14(13)8-9/h3-6H,1,7-8H2,2H3. The summed E-state index contributed by atoms with van der Waals surface area (Å²) in [5, 5.41) is 0. The van der Waals surface area contributed by atoms with E-state index in [0.29, 0.717) is 6.54 Å². The molecule has 1 atom stereocenters. The molecule has 2 heterocycles. The van der Waals surface area contributed by atoms with E-state index in [1.807, 2.05) is 23.1 Å². The predicted octanol–water partition coefficient (Wildman–Crippen LogP) is 2.32. The molecule has 1 aromatic carbocycles. The zero-order valence-electron chi connectivity index (χ0n) is 8.79. The molecular formula is C13H13NO. The molecule has 15 heavy (non-hydrogen) atoms. The van der Waals surface area contributed by atoms with Gasteiger partial charge in [-0.1, -0.05) is 30.4 Å². The van der Waals surface area contributed by atoms with Gasteiger partial charge in [-0.05, 0) is 25.0 Å². The number of hydrogen-bond acceptors (Lipinski definition) is 1. The van der Waals surface area contributed by atoms with E-state index in [1.54, 1.807) is 0 Å². The number of hydrogen-bond donors (Lipinski definition) is 0. The zero-order valence-corrected chi connectivity index (χ0v) is 8.79. The van der Waals surface area contributed by atoms with Gasteiger partial charge in [0.05, 0.1) is 5.54 Å². The Hall–Kier alpha value is -1.57. The summed E-state index contributed by atoms with van der Waals surface area (Å²) in [6.45, 7) is 6.84. The number of rotatable bonds is 0. The Bertz CT molecular complexity index is 477. The summed E-state index contributed by atoms with van der Waals surface area (Å²) in [4.78, 5) is 14.1. The summed E-state index contributed by atoms with van der Waals surface area (Å²) in [6.07, 6.45) is 0.899. The zero-order chi connectivity index (χ0) is 10.6. The Morgan fingerprint density at radius 3 is 2.93 bits per heavy atom. The van der Waals surface area contributed by atoms with Crippen molar-refractivity contribution in [2.75, 3.05) is 6.54 Å². The summed E-state index contributed by atoms with van der Waals surface area (Å²) < 4.78 is 0. The lowest BCUT2D eigenvalue weighted by atomic mass is 9.89. The number of carbonyl (C=O) groups excluding carboxylic acids is 1. The summed E-state index contributed by atoms with van der Waals surface area (Å²) in [6, 6.07) is 7.91. The van der Waals surface area contributed by atoms with Crippen molar-refractivity contribution < 1.29 is 4.79 Å². The number of amides is 1. The molecule has 1 amide bonds. The highest BCUT2D eigenvalue weighted by atomic mass is 16.2. The minimum Gasteiger partial charge on any atom is -0.325 e. The molecule has 1 saturated heterocycles. The highest BCUT2D eigenvalue weighted by molar-refractivity contribution is 6.00. The molecule has 0 N–H and O–H groups in total. The molecule has 2 nitrogen and oxygen atoms in total. The molecule has 0 radical (unpaired) electrons. The number of benzene rings is 1. The van der Waals surface area contributed by atoms with Crippen LogP contribution in [0.15, 0.2) is 36.4 Å². The molecule has 0 aliphatic carbocycles. The Morgan fingerprint density at radius 2 is 2.13 bits per heavy atom. The van der Waals surface area contributed by atoms with Crippen LogP contribution in [0.2, 0.25) is 0 Å². The van der Waals surface area contributed by atoms with Crippen molar-refractivity contribution in [3.05, 3.63) is 47.5 Å². The summed E-state index contributed by atoms with van der Waals surface area (Å²) in [7, 11) is 0. The Labute approximate surface area is 89.2 Å². The quantitative estimate of drug-likeness (QED) is 0.587. The van der Waals surface area contributed by atoms with Crippen LogP contribution >= 0.6 is 0 Å². The average molecular weight is 199 g/mol. The van der Waals surface area contributed by atoms with E-state index in [4.69, 9.17) is 0 Å². The largest absolute Gasteiger partial charge is 0.325 e. The van der Waals surface area contributed by atoms with E-state index in [9.17, 15) is 4.79 Å². The van der Waals surface area contributed by atoms with E-state index in [2.05, 4.69) is 19.6 Å². The predicted molar refractivity (Wildman–Crippen MR) is 58.6 cm³/mol. The van der Waals surface area contributed by atoms with Crippen molar-refractivity contribution in [1.29, 1.82) is 0 Å². The van der Waals surface area contributed by atoms with Crippen LogP contribution in [0.4, 0.5) is 0 Å². The maximum Gasteiger partial charge on any atom is 0.255 e. The Balaban J connectivity index is 2.25. The molecular weight excluding hydrogens is 186 g/mol. The third-order valence-corrected chi connectivity index (χ3v) is 3.55. The van der Waals surface area contributed by atoms with Crippen LogP contribution in [0, 0.1) is 0 Å². The minimum absolute atomic E-state index is 0.134. The van der Waals surface area contributed by atoms with Crippen molar-refractivity contribution >= 4 is 5.91 Å². The van der Waals surface area contributed by atoms with E-state index >= 15 is 0 Å². The van der Waals surface area contributed by atoms with Crippen LogP contribution in [0.3, 0.4) is 0 Å². The van der Waals surface area contributed by atoms with E-state index < -0.39 is 0 Å². The van der Waals surface area contributed by atoms with Gasteiger partial charge in [0.2, 0.25) is 0 Å². The molecule has 0 spiro atoms. The topological polar surface area (TPSA) is 20.3 Å². The van der Waals surface area contributed by atoms with Crippen molar-refractivity contribution in [3.8, 4) is 0 Å². The first-order chi connectivity index (χ1) is 7.13. The second kappa shape index (κ2) is 2.51. The fourth-order valence-electron chi connectivity index (χ4n) is 2.86. The molecule has 2 aliphatic heterocycles. The van der Waals surface area contributed by atoms with Gasteiger partial charge in [0.25, 0.3) is 5.91 Å². The molecule has 1 unspecified atom stereocenters. The van der Waals surface area contributed by atoms with E-state index in [-0.39, 0.29) is 11.4 Å². The maximum atomic E-state index is 12.1. The molecule has 3 rings (SSSR count). The lowest BCUT2D eigenvalue weighted by molar-refractivity contribution is 0.0689.